The minimum atomic E-state index is -0.447. The SMILES string of the molecule is C[C@H](Cl)C(=O)NC[C@H]1CC[C@H](N2CCOCC2)NC1. The van der Waals surface area contributed by atoms with Gasteiger partial charge in [-0.3, -0.25) is 9.69 Å². The van der Waals surface area contributed by atoms with Crippen LogP contribution in [0, 0.1) is 5.92 Å². The van der Waals surface area contributed by atoms with Crippen LogP contribution in [0.4, 0.5) is 0 Å². The molecule has 2 N–H and O–H groups in total. The fourth-order valence-electron chi connectivity index (χ4n) is 2.66. The maximum Gasteiger partial charge on any atom is 0.237 e. The van der Waals surface area contributed by atoms with Crippen molar-refractivity contribution in [1.29, 1.82) is 0 Å². The van der Waals surface area contributed by atoms with Crippen molar-refractivity contribution in [1.82, 2.24) is 15.5 Å². The van der Waals surface area contributed by atoms with Gasteiger partial charge in [0.2, 0.25) is 5.91 Å². The summed E-state index contributed by atoms with van der Waals surface area (Å²) in [6, 6.07) is 0. The Morgan fingerprint density at radius 1 is 1.47 bits per heavy atom. The lowest BCUT2D eigenvalue weighted by Crippen LogP contribution is -2.54. The van der Waals surface area contributed by atoms with Gasteiger partial charge in [0.05, 0.1) is 19.4 Å². The summed E-state index contributed by atoms with van der Waals surface area (Å²) in [6.45, 7) is 7.09. The molecule has 2 rings (SSSR count). The van der Waals surface area contributed by atoms with Crippen LogP contribution in [0.5, 0.6) is 0 Å². The standard InChI is InChI=1S/C13H24ClN3O2/c1-10(14)13(18)16-9-11-2-3-12(15-8-11)17-4-6-19-7-5-17/h10-12,15H,2-9H2,1H3,(H,16,18)/t10-,11-,12-/m0/s1. The molecule has 0 bridgehead atoms. The molecule has 0 aromatic carbocycles. The molecule has 2 heterocycles. The molecular formula is C13H24ClN3O2. The minimum Gasteiger partial charge on any atom is -0.379 e. The van der Waals surface area contributed by atoms with Crippen LogP contribution in [0.3, 0.4) is 0 Å². The predicted molar refractivity (Wildman–Crippen MR) is 75.2 cm³/mol. The summed E-state index contributed by atoms with van der Waals surface area (Å²) in [5.41, 5.74) is 0. The number of hydrogen-bond donors (Lipinski definition) is 2. The highest BCUT2D eigenvalue weighted by Crippen LogP contribution is 2.17. The highest BCUT2D eigenvalue weighted by molar-refractivity contribution is 6.30. The largest absolute Gasteiger partial charge is 0.379 e. The van der Waals surface area contributed by atoms with Crippen molar-refractivity contribution in [2.75, 3.05) is 39.4 Å². The number of amides is 1. The van der Waals surface area contributed by atoms with Gasteiger partial charge >= 0.3 is 0 Å². The summed E-state index contributed by atoms with van der Waals surface area (Å²) in [4.78, 5) is 13.9. The summed E-state index contributed by atoms with van der Waals surface area (Å²) in [5.74, 6) is 0.439. The molecule has 1 amide bonds. The molecule has 0 aromatic rings. The maximum absolute atomic E-state index is 11.4. The molecule has 0 aromatic heterocycles. The summed E-state index contributed by atoms with van der Waals surface area (Å²) >= 11 is 5.72. The van der Waals surface area contributed by atoms with Gasteiger partial charge in [-0.25, -0.2) is 0 Å². The molecule has 110 valence electrons. The van der Waals surface area contributed by atoms with Gasteiger partial charge in [-0.2, -0.15) is 0 Å². The van der Waals surface area contributed by atoms with Gasteiger partial charge in [-0.1, -0.05) is 0 Å². The van der Waals surface area contributed by atoms with Crippen molar-refractivity contribution in [2.45, 2.75) is 31.3 Å². The molecule has 19 heavy (non-hydrogen) atoms. The molecular weight excluding hydrogens is 266 g/mol. The van der Waals surface area contributed by atoms with Crippen LogP contribution in [0.2, 0.25) is 0 Å². The van der Waals surface area contributed by atoms with E-state index in [4.69, 9.17) is 16.3 Å². The van der Waals surface area contributed by atoms with E-state index in [1.165, 1.54) is 0 Å². The molecule has 5 nitrogen and oxygen atoms in total. The van der Waals surface area contributed by atoms with Gasteiger partial charge in [0.15, 0.2) is 0 Å². The third kappa shape index (κ3) is 4.60. The number of nitrogens with one attached hydrogen (secondary N) is 2. The molecule has 0 aliphatic carbocycles. The fraction of sp³-hybridized carbons (Fsp3) is 0.923. The molecule has 0 unspecified atom stereocenters. The molecule has 2 aliphatic rings. The maximum atomic E-state index is 11.4. The van der Waals surface area contributed by atoms with Crippen LogP contribution in [0.1, 0.15) is 19.8 Å². The molecule has 2 saturated heterocycles. The van der Waals surface area contributed by atoms with Crippen molar-refractivity contribution in [3.8, 4) is 0 Å². The lowest BCUT2D eigenvalue weighted by atomic mass is 9.97. The first kappa shape index (κ1) is 15.0. The van der Waals surface area contributed by atoms with Crippen molar-refractivity contribution in [3.05, 3.63) is 0 Å². The molecule has 2 fully saturated rings. The Morgan fingerprint density at radius 2 is 2.21 bits per heavy atom. The Morgan fingerprint density at radius 3 is 2.79 bits per heavy atom. The molecule has 0 spiro atoms. The third-order valence-electron chi connectivity index (χ3n) is 3.90. The fourth-order valence-corrected chi connectivity index (χ4v) is 2.74. The van der Waals surface area contributed by atoms with Crippen molar-refractivity contribution in [2.24, 2.45) is 5.92 Å². The first-order chi connectivity index (χ1) is 9.16. The highest BCUT2D eigenvalue weighted by Gasteiger charge is 2.26. The quantitative estimate of drug-likeness (QED) is 0.735. The Bertz CT molecular complexity index is 288. The molecule has 0 saturated carbocycles. The van der Waals surface area contributed by atoms with E-state index in [0.29, 0.717) is 12.1 Å². The zero-order chi connectivity index (χ0) is 13.7. The van der Waals surface area contributed by atoms with E-state index in [1.807, 2.05) is 0 Å². The number of alkyl halides is 1. The number of ether oxygens (including phenoxy) is 1. The molecule has 6 heteroatoms. The molecule has 2 aliphatic heterocycles. The van der Waals surface area contributed by atoms with E-state index in [-0.39, 0.29) is 5.91 Å². The number of rotatable bonds is 4. The van der Waals surface area contributed by atoms with E-state index in [1.54, 1.807) is 6.92 Å². The average Bonchev–Trinajstić information content (AvgIpc) is 2.46. The Balaban J connectivity index is 1.66. The normalized spacial score (nSPS) is 30.8. The van der Waals surface area contributed by atoms with Gasteiger partial charge in [-0.05, 0) is 25.7 Å². The lowest BCUT2D eigenvalue weighted by Gasteiger charge is -2.39. The second-order valence-electron chi connectivity index (χ2n) is 5.38. The second-order valence-corrected chi connectivity index (χ2v) is 6.03. The summed E-state index contributed by atoms with van der Waals surface area (Å²) in [7, 11) is 0. The number of carbonyl (C=O) groups is 1. The topological polar surface area (TPSA) is 53.6 Å². The summed E-state index contributed by atoms with van der Waals surface area (Å²) < 4.78 is 5.37. The van der Waals surface area contributed by atoms with Gasteiger partial charge < -0.3 is 15.4 Å². The van der Waals surface area contributed by atoms with Crippen LogP contribution in [0.15, 0.2) is 0 Å². The zero-order valence-corrected chi connectivity index (χ0v) is 12.3. The summed E-state index contributed by atoms with van der Waals surface area (Å²) in [5, 5.41) is 6.03. The minimum absolute atomic E-state index is 0.0723. The second kappa shape index (κ2) is 7.43. The lowest BCUT2D eigenvalue weighted by molar-refractivity contribution is -0.120. The summed E-state index contributed by atoms with van der Waals surface area (Å²) in [6.07, 6.45) is 2.76. The monoisotopic (exact) mass is 289 g/mol. The van der Waals surface area contributed by atoms with Gasteiger partial charge in [0.1, 0.15) is 5.38 Å². The van der Waals surface area contributed by atoms with Crippen molar-refractivity contribution >= 4 is 17.5 Å². The zero-order valence-electron chi connectivity index (χ0n) is 11.5. The van der Waals surface area contributed by atoms with Gasteiger partial charge in [-0.15, -0.1) is 11.6 Å². The average molecular weight is 290 g/mol. The van der Waals surface area contributed by atoms with E-state index in [2.05, 4.69) is 15.5 Å². The third-order valence-corrected chi connectivity index (χ3v) is 4.10. The van der Waals surface area contributed by atoms with Gasteiger partial charge in [0.25, 0.3) is 0 Å². The van der Waals surface area contributed by atoms with E-state index >= 15 is 0 Å². The van der Waals surface area contributed by atoms with Crippen molar-refractivity contribution < 1.29 is 9.53 Å². The number of nitrogens with zero attached hydrogens (tertiary/aromatic N) is 1. The number of hydrogen-bond acceptors (Lipinski definition) is 4. The smallest absolute Gasteiger partial charge is 0.237 e. The highest BCUT2D eigenvalue weighted by atomic mass is 35.5. The van der Waals surface area contributed by atoms with Crippen LogP contribution in [-0.4, -0.2) is 61.7 Å². The first-order valence-electron chi connectivity index (χ1n) is 7.14. The van der Waals surface area contributed by atoms with Crippen LogP contribution < -0.4 is 10.6 Å². The number of piperidine rings is 1. The number of halogens is 1. The van der Waals surface area contributed by atoms with E-state index < -0.39 is 5.38 Å². The Hall–Kier alpha value is -0.360. The van der Waals surface area contributed by atoms with Crippen molar-refractivity contribution in [3.63, 3.8) is 0 Å². The number of morpholine rings is 1. The Labute approximate surface area is 120 Å². The van der Waals surface area contributed by atoms with E-state index in [0.717, 1.165) is 52.2 Å². The van der Waals surface area contributed by atoms with Crippen LogP contribution in [0.25, 0.3) is 0 Å². The van der Waals surface area contributed by atoms with E-state index in [9.17, 15) is 4.79 Å². The van der Waals surface area contributed by atoms with Gasteiger partial charge in [0, 0.05) is 26.2 Å². The van der Waals surface area contributed by atoms with Crippen LogP contribution >= 0.6 is 11.6 Å². The molecule has 3 atom stereocenters. The number of carbonyl (C=O) groups excluding carboxylic acids is 1. The Kier molecular flexibility index (Phi) is 5.88. The predicted octanol–water partition coefficient (Wildman–Crippen LogP) is 0.388. The first-order valence-corrected chi connectivity index (χ1v) is 7.57. The van der Waals surface area contributed by atoms with Crippen LogP contribution in [-0.2, 0) is 9.53 Å². The molecule has 0 radical (unpaired) electrons.